The highest BCUT2D eigenvalue weighted by atomic mass is 16.6. The molecule has 0 spiro atoms. The van der Waals surface area contributed by atoms with Gasteiger partial charge in [0.05, 0.1) is 6.26 Å². The summed E-state index contributed by atoms with van der Waals surface area (Å²) in [5, 5.41) is 0. The van der Waals surface area contributed by atoms with Crippen LogP contribution in [0.5, 0.6) is 0 Å². The molecule has 0 bridgehead atoms. The summed E-state index contributed by atoms with van der Waals surface area (Å²) < 4.78 is 18.3. The maximum atomic E-state index is 13.7. The van der Waals surface area contributed by atoms with Crippen molar-refractivity contribution in [2.75, 3.05) is 0 Å². The second-order valence-corrected chi connectivity index (χ2v) is 8.60. The van der Waals surface area contributed by atoms with Crippen LogP contribution in [0, 0.1) is 0 Å². The van der Waals surface area contributed by atoms with Crippen LogP contribution in [0.2, 0.25) is 0 Å². The van der Waals surface area contributed by atoms with Gasteiger partial charge >= 0.3 is 5.97 Å². The minimum absolute atomic E-state index is 0.321. The van der Waals surface area contributed by atoms with E-state index in [-0.39, 0.29) is 12.1 Å². The lowest BCUT2D eigenvalue weighted by Gasteiger charge is -2.26. The molecule has 0 aliphatic carbocycles. The number of carbonyl (C=O) groups excluding carboxylic acids is 1. The number of ether oxygens (including phenoxy) is 2. The standard InChI is InChI=1S/C31H32O4/c1-2-3-20-28(27-21-13-22-33-27)34-29(23-24-14-7-4-8-15-24)31(32)35-30(25-16-9-5-10-17-25)26-18-11-6-12-19-26/h4-19,21-22,28-30H,2-3,20,23H2,1H3/t28-,29+/m0/s1. The van der Waals surface area contributed by atoms with Gasteiger partial charge in [-0.3, -0.25) is 0 Å². The van der Waals surface area contributed by atoms with Gasteiger partial charge in [0.25, 0.3) is 0 Å². The van der Waals surface area contributed by atoms with Gasteiger partial charge in [-0.25, -0.2) is 4.79 Å². The van der Waals surface area contributed by atoms with Gasteiger partial charge in [0, 0.05) is 6.42 Å². The van der Waals surface area contributed by atoms with E-state index in [0.717, 1.165) is 41.7 Å². The van der Waals surface area contributed by atoms with Gasteiger partial charge in [0.1, 0.15) is 11.9 Å². The minimum atomic E-state index is -0.778. The molecule has 0 amide bonds. The van der Waals surface area contributed by atoms with E-state index in [4.69, 9.17) is 13.9 Å². The van der Waals surface area contributed by atoms with E-state index < -0.39 is 12.2 Å². The van der Waals surface area contributed by atoms with Crippen LogP contribution in [0.3, 0.4) is 0 Å². The second-order valence-electron chi connectivity index (χ2n) is 8.60. The van der Waals surface area contributed by atoms with Crippen LogP contribution in [0.25, 0.3) is 0 Å². The van der Waals surface area contributed by atoms with Crippen molar-refractivity contribution >= 4 is 5.97 Å². The van der Waals surface area contributed by atoms with Crippen molar-refractivity contribution in [3.8, 4) is 0 Å². The van der Waals surface area contributed by atoms with Gasteiger partial charge in [-0.05, 0) is 35.2 Å². The highest BCUT2D eigenvalue weighted by Crippen LogP contribution is 2.30. The van der Waals surface area contributed by atoms with E-state index in [9.17, 15) is 4.79 Å². The molecule has 0 fully saturated rings. The van der Waals surface area contributed by atoms with Gasteiger partial charge in [0.2, 0.25) is 0 Å². The van der Waals surface area contributed by atoms with Gasteiger partial charge in [-0.2, -0.15) is 0 Å². The first kappa shape index (κ1) is 24.5. The molecule has 1 heterocycles. The monoisotopic (exact) mass is 468 g/mol. The van der Waals surface area contributed by atoms with Crippen molar-refractivity contribution in [1.82, 2.24) is 0 Å². The minimum Gasteiger partial charge on any atom is -0.467 e. The number of esters is 1. The van der Waals surface area contributed by atoms with Crippen molar-refractivity contribution in [2.45, 2.75) is 50.9 Å². The molecule has 0 aliphatic heterocycles. The third kappa shape index (κ3) is 6.93. The topological polar surface area (TPSA) is 48.7 Å². The van der Waals surface area contributed by atoms with Crippen molar-refractivity contribution in [3.63, 3.8) is 0 Å². The SMILES string of the molecule is CCCC[C@H](O[C@H](Cc1ccccc1)C(=O)OC(c1ccccc1)c1ccccc1)c1ccco1. The Balaban J connectivity index is 1.61. The van der Waals surface area contributed by atoms with Gasteiger partial charge < -0.3 is 13.9 Å². The zero-order chi connectivity index (χ0) is 24.3. The molecular formula is C31H32O4. The van der Waals surface area contributed by atoms with Crippen LogP contribution in [0.1, 0.15) is 60.8 Å². The first-order valence-electron chi connectivity index (χ1n) is 12.3. The summed E-state index contributed by atoms with van der Waals surface area (Å²) in [5.41, 5.74) is 2.84. The summed E-state index contributed by atoms with van der Waals surface area (Å²) in [5.74, 6) is 0.339. The molecule has 0 unspecified atom stereocenters. The maximum Gasteiger partial charge on any atom is 0.336 e. The fourth-order valence-electron chi connectivity index (χ4n) is 4.13. The van der Waals surface area contributed by atoms with Crippen LogP contribution in [0.4, 0.5) is 0 Å². The lowest BCUT2D eigenvalue weighted by Crippen LogP contribution is -2.32. The quantitative estimate of drug-likeness (QED) is 0.202. The van der Waals surface area contributed by atoms with Gasteiger partial charge in [-0.1, -0.05) is 111 Å². The number of carbonyl (C=O) groups is 1. The fraction of sp³-hybridized carbons (Fsp3) is 0.258. The molecule has 4 rings (SSSR count). The van der Waals surface area contributed by atoms with Crippen molar-refractivity contribution < 1.29 is 18.7 Å². The largest absolute Gasteiger partial charge is 0.467 e. The number of furan rings is 1. The average molecular weight is 469 g/mol. The van der Waals surface area contributed by atoms with Gasteiger partial charge in [-0.15, -0.1) is 0 Å². The van der Waals surface area contributed by atoms with Crippen LogP contribution >= 0.6 is 0 Å². The Kier molecular flexibility index (Phi) is 8.91. The zero-order valence-corrected chi connectivity index (χ0v) is 20.1. The molecule has 4 aromatic rings. The Morgan fingerprint density at radius 3 is 1.94 bits per heavy atom. The Bertz CT molecular complexity index is 1090. The molecule has 35 heavy (non-hydrogen) atoms. The molecule has 0 saturated carbocycles. The Morgan fingerprint density at radius 1 is 0.800 bits per heavy atom. The normalized spacial score (nSPS) is 12.9. The predicted octanol–water partition coefficient (Wildman–Crippen LogP) is 7.47. The van der Waals surface area contributed by atoms with Crippen molar-refractivity contribution in [2.24, 2.45) is 0 Å². The summed E-state index contributed by atoms with van der Waals surface area (Å²) >= 11 is 0. The fourth-order valence-corrected chi connectivity index (χ4v) is 4.13. The first-order valence-corrected chi connectivity index (χ1v) is 12.3. The van der Waals surface area contributed by atoms with Crippen LogP contribution in [0.15, 0.2) is 114 Å². The predicted molar refractivity (Wildman–Crippen MR) is 137 cm³/mol. The molecule has 4 nitrogen and oxygen atoms in total. The molecule has 0 N–H and O–H groups in total. The van der Waals surface area contributed by atoms with Crippen molar-refractivity contribution in [3.05, 3.63) is 132 Å². The summed E-state index contributed by atoms with van der Waals surface area (Å²) in [6.07, 6.45) is 3.20. The van der Waals surface area contributed by atoms with Crippen LogP contribution in [-0.2, 0) is 20.7 Å². The molecule has 2 atom stereocenters. The van der Waals surface area contributed by atoms with Crippen LogP contribution in [-0.4, -0.2) is 12.1 Å². The van der Waals surface area contributed by atoms with Crippen molar-refractivity contribution in [1.29, 1.82) is 0 Å². The number of rotatable bonds is 12. The molecule has 1 aromatic heterocycles. The van der Waals surface area contributed by atoms with E-state index in [1.807, 2.05) is 103 Å². The number of hydrogen-bond donors (Lipinski definition) is 0. The number of unbranched alkanes of at least 4 members (excludes halogenated alkanes) is 1. The summed E-state index contributed by atoms with van der Waals surface area (Å²) in [6.45, 7) is 2.14. The molecule has 3 aromatic carbocycles. The molecule has 180 valence electrons. The summed E-state index contributed by atoms with van der Waals surface area (Å²) in [7, 11) is 0. The lowest BCUT2D eigenvalue weighted by molar-refractivity contribution is -0.166. The third-order valence-electron chi connectivity index (χ3n) is 5.97. The Hall–Kier alpha value is -3.63. The van der Waals surface area contributed by atoms with E-state index in [0.29, 0.717) is 6.42 Å². The highest BCUT2D eigenvalue weighted by Gasteiger charge is 2.30. The molecule has 4 heteroatoms. The van der Waals surface area contributed by atoms with E-state index >= 15 is 0 Å². The maximum absolute atomic E-state index is 13.7. The molecular weight excluding hydrogens is 436 g/mol. The number of benzene rings is 3. The molecule has 0 aliphatic rings. The smallest absolute Gasteiger partial charge is 0.336 e. The summed E-state index contributed by atoms with van der Waals surface area (Å²) in [4.78, 5) is 13.7. The van der Waals surface area contributed by atoms with E-state index in [1.54, 1.807) is 6.26 Å². The molecule has 0 saturated heterocycles. The third-order valence-corrected chi connectivity index (χ3v) is 5.97. The Labute approximate surface area is 207 Å². The highest BCUT2D eigenvalue weighted by molar-refractivity contribution is 5.76. The molecule has 0 radical (unpaired) electrons. The number of hydrogen-bond acceptors (Lipinski definition) is 4. The summed E-state index contributed by atoms with van der Waals surface area (Å²) in [6, 6.07) is 33.3. The van der Waals surface area contributed by atoms with E-state index in [1.165, 1.54) is 0 Å². The Morgan fingerprint density at radius 2 is 1.40 bits per heavy atom. The van der Waals surface area contributed by atoms with E-state index in [2.05, 4.69) is 6.92 Å². The lowest BCUT2D eigenvalue weighted by atomic mass is 10.0. The average Bonchev–Trinajstić information content (AvgIpc) is 3.45. The first-order chi connectivity index (χ1) is 17.2. The zero-order valence-electron chi connectivity index (χ0n) is 20.1. The van der Waals surface area contributed by atoms with Crippen LogP contribution < -0.4 is 0 Å². The second kappa shape index (κ2) is 12.7. The van der Waals surface area contributed by atoms with Gasteiger partial charge in [0.15, 0.2) is 12.2 Å².